The summed E-state index contributed by atoms with van der Waals surface area (Å²) >= 11 is 0. The molecule has 1 saturated heterocycles. The van der Waals surface area contributed by atoms with E-state index < -0.39 is 0 Å². The van der Waals surface area contributed by atoms with Crippen LogP contribution in [0.25, 0.3) is 0 Å². The summed E-state index contributed by atoms with van der Waals surface area (Å²) in [5.74, 6) is 0. The van der Waals surface area contributed by atoms with Gasteiger partial charge in [-0.1, -0.05) is 26.2 Å². The Morgan fingerprint density at radius 3 is 2.75 bits per heavy atom. The van der Waals surface area contributed by atoms with Crippen LogP contribution in [0.1, 0.15) is 46.0 Å². The van der Waals surface area contributed by atoms with Crippen molar-refractivity contribution in [3.8, 4) is 0 Å². The Kier molecular flexibility index (Phi) is 4.02. The highest BCUT2D eigenvalue weighted by Crippen LogP contribution is 2.19. The minimum Gasteiger partial charge on any atom is -0.360 e. The summed E-state index contributed by atoms with van der Waals surface area (Å²) in [7, 11) is 0. The highest BCUT2D eigenvalue weighted by molar-refractivity contribution is 4.77. The number of nitrogens with one attached hydrogen (secondary N) is 1. The number of hydrogen-bond acceptors (Lipinski definition) is 2. The maximum Gasteiger partial charge on any atom is 0.116 e. The molecule has 0 amide bonds. The minimum absolute atomic E-state index is 0.00621. The molecule has 1 aliphatic heterocycles. The normalized spacial score (nSPS) is 29.5. The zero-order chi connectivity index (χ0) is 8.86. The third kappa shape index (κ3) is 3.11. The van der Waals surface area contributed by atoms with Gasteiger partial charge in [-0.2, -0.15) is 0 Å². The summed E-state index contributed by atoms with van der Waals surface area (Å²) in [5.41, 5.74) is -0.00621. The molecule has 1 aliphatic rings. The molecule has 2 heteroatoms. The van der Waals surface area contributed by atoms with Crippen LogP contribution in [0.3, 0.4) is 0 Å². The monoisotopic (exact) mass is 171 g/mol. The molecule has 0 saturated carbocycles. The van der Waals surface area contributed by atoms with Crippen molar-refractivity contribution < 1.29 is 4.74 Å². The Labute approximate surface area is 75.7 Å². The SMILES string of the molecule is CCCCCC[C@]1(C)NCCO1. The van der Waals surface area contributed by atoms with Crippen molar-refractivity contribution in [2.24, 2.45) is 0 Å². The van der Waals surface area contributed by atoms with Gasteiger partial charge in [0.15, 0.2) is 0 Å². The van der Waals surface area contributed by atoms with Crippen LogP contribution in [0, 0.1) is 0 Å². The minimum atomic E-state index is -0.00621. The summed E-state index contributed by atoms with van der Waals surface area (Å²) in [6.45, 7) is 6.30. The van der Waals surface area contributed by atoms with Gasteiger partial charge in [-0.15, -0.1) is 0 Å². The predicted octanol–water partition coefficient (Wildman–Crippen LogP) is 2.29. The molecule has 1 N–H and O–H groups in total. The van der Waals surface area contributed by atoms with Crippen LogP contribution in [0.5, 0.6) is 0 Å². The predicted molar refractivity (Wildman–Crippen MR) is 51.1 cm³/mol. The van der Waals surface area contributed by atoms with Crippen LogP contribution in [0.4, 0.5) is 0 Å². The fourth-order valence-electron chi connectivity index (χ4n) is 1.69. The maximum atomic E-state index is 5.61. The smallest absolute Gasteiger partial charge is 0.116 e. The van der Waals surface area contributed by atoms with E-state index in [0.29, 0.717) is 0 Å². The van der Waals surface area contributed by atoms with Crippen molar-refractivity contribution in [1.29, 1.82) is 0 Å². The molecule has 0 spiro atoms. The molecule has 0 unspecified atom stereocenters. The summed E-state index contributed by atoms with van der Waals surface area (Å²) in [4.78, 5) is 0. The lowest BCUT2D eigenvalue weighted by molar-refractivity contribution is -0.00248. The van der Waals surface area contributed by atoms with Crippen LogP contribution < -0.4 is 5.32 Å². The van der Waals surface area contributed by atoms with E-state index in [1.165, 1.54) is 25.7 Å². The zero-order valence-electron chi connectivity index (χ0n) is 8.36. The van der Waals surface area contributed by atoms with E-state index in [9.17, 15) is 0 Å². The topological polar surface area (TPSA) is 21.3 Å². The molecule has 0 aromatic rings. The molecular weight excluding hydrogens is 150 g/mol. The van der Waals surface area contributed by atoms with Crippen LogP contribution in [-0.2, 0) is 4.74 Å². The van der Waals surface area contributed by atoms with Crippen LogP contribution in [-0.4, -0.2) is 18.9 Å². The lowest BCUT2D eigenvalue weighted by Crippen LogP contribution is -2.37. The number of ether oxygens (including phenoxy) is 1. The van der Waals surface area contributed by atoms with Gasteiger partial charge in [0.25, 0.3) is 0 Å². The summed E-state index contributed by atoms with van der Waals surface area (Å²) < 4.78 is 5.61. The van der Waals surface area contributed by atoms with Gasteiger partial charge in [-0.05, 0) is 19.8 Å². The second-order valence-electron chi connectivity index (χ2n) is 3.82. The third-order valence-electron chi connectivity index (χ3n) is 2.53. The summed E-state index contributed by atoms with van der Waals surface area (Å²) in [6, 6.07) is 0. The quantitative estimate of drug-likeness (QED) is 0.641. The van der Waals surface area contributed by atoms with Crippen LogP contribution >= 0.6 is 0 Å². The van der Waals surface area contributed by atoms with Gasteiger partial charge in [0, 0.05) is 6.54 Å². The number of unbranched alkanes of at least 4 members (excludes halogenated alkanes) is 3. The van der Waals surface area contributed by atoms with Gasteiger partial charge < -0.3 is 4.74 Å². The second kappa shape index (κ2) is 4.83. The molecular formula is C10H21NO. The highest BCUT2D eigenvalue weighted by Gasteiger charge is 2.27. The molecule has 0 aromatic carbocycles. The van der Waals surface area contributed by atoms with Crippen LogP contribution in [0.15, 0.2) is 0 Å². The van der Waals surface area contributed by atoms with E-state index in [-0.39, 0.29) is 5.72 Å². The molecule has 1 atom stereocenters. The molecule has 0 radical (unpaired) electrons. The van der Waals surface area contributed by atoms with Gasteiger partial charge in [0.1, 0.15) is 5.72 Å². The fourth-order valence-corrected chi connectivity index (χ4v) is 1.69. The Balaban J connectivity index is 2.05. The standard InChI is InChI=1S/C10H21NO/c1-3-4-5-6-7-10(2)11-8-9-12-10/h11H,3-9H2,1-2H3/t10-/m1/s1. The lowest BCUT2D eigenvalue weighted by atomic mass is 10.1. The van der Waals surface area contributed by atoms with Crippen molar-refractivity contribution in [2.45, 2.75) is 51.7 Å². The van der Waals surface area contributed by atoms with Crippen LogP contribution in [0.2, 0.25) is 0 Å². The fraction of sp³-hybridized carbons (Fsp3) is 1.00. The third-order valence-corrected chi connectivity index (χ3v) is 2.53. The number of hydrogen-bond donors (Lipinski definition) is 1. The molecule has 0 bridgehead atoms. The van der Waals surface area contributed by atoms with E-state index >= 15 is 0 Å². The Bertz CT molecular complexity index is 119. The molecule has 0 aromatic heterocycles. The van der Waals surface area contributed by atoms with E-state index in [2.05, 4.69) is 19.2 Å². The number of rotatable bonds is 5. The zero-order valence-corrected chi connectivity index (χ0v) is 8.36. The van der Waals surface area contributed by atoms with Gasteiger partial charge in [0.05, 0.1) is 6.61 Å². The largest absolute Gasteiger partial charge is 0.360 e. The average Bonchev–Trinajstić information content (AvgIpc) is 2.47. The Morgan fingerprint density at radius 1 is 1.33 bits per heavy atom. The van der Waals surface area contributed by atoms with Crippen molar-refractivity contribution in [2.75, 3.05) is 13.2 Å². The van der Waals surface area contributed by atoms with Crippen molar-refractivity contribution in [3.63, 3.8) is 0 Å². The lowest BCUT2D eigenvalue weighted by Gasteiger charge is -2.23. The second-order valence-corrected chi connectivity index (χ2v) is 3.82. The molecule has 2 nitrogen and oxygen atoms in total. The Morgan fingerprint density at radius 2 is 2.17 bits per heavy atom. The first-order valence-electron chi connectivity index (χ1n) is 5.16. The average molecular weight is 171 g/mol. The van der Waals surface area contributed by atoms with Crippen molar-refractivity contribution >= 4 is 0 Å². The molecule has 12 heavy (non-hydrogen) atoms. The highest BCUT2D eigenvalue weighted by atomic mass is 16.5. The molecule has 1 rings (SSSR count). The Hall–Kier alpha value is -0.0800. The first-order valence-corrected chi connectivity index (χ1v) is 5.16. The summed E-state index contributed by atoms with van der Waals surface area (Å²) in [6.07, 6.45) is 6.46. The first-order chi connectivity index (χ1) is 5.77. The van der Waals surface area contributed by atoms with Crippen molar-refractivity contribution in [1.82, 2.24) is 5.32 Å². The van der Waals surface area contributed by atoms with E-state index in [4.69, 9.17) is 4.74 Å². The molecule has 72 valence electrons. The molecule has 0 aliphatic carbocycles. The summed E-state index contributed by atoms with van der Waals surface area (Å²) in [5, 5.41) is 3.39. The van der Waals surface area contributed by atoms with E-state index in [0.717, 1.165) is 19.6 Å². The molecule has 1 fully saturated rings. The first kappa shape index (κ1) is 10.0. The van der Waals surface area contributed by atoms with Gasteiger partial charge >= 0.3 is 0 Å². The van der Waals surface area contributed by atoms with Crippen molar-refractivity contribution in [3.05, 3.63) is 0 Å². The van der Waals surface area contributed by atoms with Gasteiger partial charge in [-0.25, -0.2) is 0 Å². The molecule has 1 heterocycles. The van der Waals surface area contributed by atoms with E-state index in [1.54, 1.807) is 0 Å². The van der Waals surface area contributed by atoms with E-state index in [1.807, 2.05) is 0 Å². The van der Waals surface area contributed by atoms with Gasteiger partial charge in [0.2, 0.25) is 0 Å². The van der Waals surface area contributed by atoms with Gasteiger partial charge in [-0.3, -0.25) is 5.32 Å². The maximum absolute atomic E-state index is 5.61.